The third-order valence-corrected chi connectivity index (χ3v) is 4.70. The SMILES string of the molecule is O=C(Nc1cc(S(=O)(=O)O)ccc1Cl)c1cc(Br)cc(Br)c1. The van der Waals surface area contributed by atoms with Crippen LogP contribution in [0, 0.1) is 0 Å². The average molecular weight is 470 g/mol. The Morgan fingerprint density at radius 1 is 1.09 bits per heavy atom. The molecule has 0 spiro atoms. The van der Waals surface area contributed by atoms with Crippen molar-refractivity contribution in [2.24, 2.45) is 0 Å². The molecule has 2 aromatic carbocycles. The maximum atomic E-state index is 12.2. The highest BCUT2D eigenvalue weighted by Crippen LogP contribution is 2.27. The van der Waals surface area contributed by atoms with Crippen LogP contribution in [0.2, 0.25) is 5.02 Å². The normalized spacial score (nSPS) is 11.3. The van der Waals surface area contributed by atoms with E-state index >= 15 is 0 Å². The molecule has 2 N–H and O–H groups in total. The van der Waals surface area contributed by atoms with Gasteiger partial charge >= 0.3 is 0 Å². The van der Waals surface area contributed by atoms with Crippen LogP contribution in [0.15, 0.2) is 50.2 Å². The van der Waals surface area contributed by atoms with Crippen LogP contribution in [0.3, 0.4) is 0 Å². The van der Waals surface area contributed by atoms with E-state index in [0.29, 0.717) is 14.5 Å². The second-order valence-corrected chi connectivity index (χ2v) is 7.89. The van der Waals surface area contributed by atoms with Gasteiger partial charge < -0.3 is 5.32 Å². The Balaban J connectivity index is 2.36. The molecule has 5 nitrogen and oxygen atoms in total. The number of halogens is 3. The lowest BCUT2D eigenvalue weighted by Gasteiger charge is -2.09. The van der Waals surface area contributed by atoms with Crippen LogP contribution in [0.1, 0.15) is 10.4 Å². The van der Waals surface area contributed by atoms with E-state index in [-0.39, 0.29) is 15.6 Å². The molecule has 0 saturated carbocycles. The van der Waals surface area contributed by atoms with Gasteiger partial charge in [0.25, 0.3) is 16.0 Å². The van der Waals surface area contributed by atoms with E-state index in [1.165, 1.54) is 6.07 Å². The number of nitrogens with one attached hydrogen (secondary N) is 1. The van der Waals surface area contributed by atoms with E-state index in [1.807, 2.05) is 0 Å². The highest BCUT2D eigenvalue weighted by Gasteiger charge is 2.15. The van der Waals surface area contributed by atoms with Crippen molar-refractivity contribution >= 4 is 65.2 Å². The summed E-state index contributed by atoms with van der Waals surface area (Å²) in [5.41, 5.74) is 0.424. The lowest BCUT2D eigenvalue weighted by Crippen LogP contribution is -2.13. The molecule has 9 heteroatoms. The van der Waals surface area contributed by atoms with Gasteiger partial charge in [0.2, 0.25) is 0 Å². The number of amides is 1. The summed E-state index contributed by atoms with van der Waals surface area (Å²) in [6.45, 7) is 0. The fraction of sp³-hybridized carbons (Fsp3) is 0. The van der Waals surface area contributed by atoms with E-state index in [2.05, 4.69) is 37.2 Å². The van der Waals surface area contributed by atoms with Crippen LogP contribution in [0.5, 0.6) is 0 Å². The van der Waals surface area contributed by atoms with E-state index in [9.17, 15) is 13.2 Å². The summed E-state index contributed by atoms with van der Waals surface area (Å²) in [6, 6.07) is 8.46. The Morgan fingerprint density at radius 3 is 2.23 bits per heavy atom. The Hall–Kier alpha value is -0.930. The van der Waals surface area contributed by atoms with Crippen molar-refractivity contribution in [2.45, 2.75) is 4.90 Å². The van der Waals surface area contributed by atoms with Gasteiger partial charge in [-0.05, 0) is 36.4 Å². The smallest absolute Gasteiger partial charge is 0.294 e. The maximum Gasteiger partial charge on any atom is 0.294 e. The minimum absolute atomic E-state index is 0.0814. The fourth-order valence-corrected chi connectivity index (χ4v) is 3.61. The van der Waals surface area contributed by atoms with Crippen molar-refractivity contribution in [3.05, 3.63) is 55.9 Å². The molecule has 2 aromatic rings. The first-order chi connectivity index (χ1) is 10.2. The van der Waals surface area contributed by atoms with Crippen molar-refractivity contribution in [1.82, 2.24) is 0 Å². The molecule has 116 valence electrons. The average Bonchev–Trinajstić information content (AvgIpc) is 2.38. The largest absolute Gasteiger partial charge is 0.321 e. The van der Waals surface area contributed by atoms with Crippen molar-refractivity contribution in [3.8, 4) is 0 Å². The highest BCUT2D eigenvalue weighted by atomic mass is 79.9. The number of carbonyl (C=O) groups excluding carboxylic acids is 1. The van der Waals surface area contributed by atoms with E-state index in [1.54, 1.807) is 18.2 Å². The Bertz CT molecular complexity index is 835. The molecule has 0 aromatic heterocycles. The Morgan fingerprint density at radius 2 is 1.68 bits per heavy atom. The molecule has 0 aliphatic carbocycles. The first-order valence-electron chi connectivity index (χ1n) is 5.71. The van der Waals surface area contributed by atoms with Crippen LogP contribution >= 0.6 is 43.5 Å². The summed E-state index contributed by atoms with van der Waals surface area (Å²) in [4.78, 5) is 11.8. The van der Waals surface area contributed by atoms with Crippen LogP contribution in [0.25, 0.3) is 0 Å². The number of rotatable bonds is 3. The first kappa shape index (κ1) is 17.4. The summed E-state index contributed by atoms with van der Waals surface area (Å²) in [7, 11) is -4.38. The first-order valence-corrected chi connectivity index (χ1v) is 9.12. The highest BCUT2D eigenvalue weighted by molar-refractivity contribution is 9.11. The molecule has 0 saturated heterocycles. The van der Waals surface area contributed by atoms with E-state index < -0.39 is 16.0 Å². The Labute approximate surface area is 148 Å². The summed E-state index contributed by atoms with van der Waals surface area (Å²) < 4.78 is 32.7. The van der Waals surface area contributed by atoms with E-state index in [0.717, 1.165) is 12.1 Å². The van der Waals surface area contributed by atoms with Gasteiger partial charge in [-0.1, -0.05) is 43.5 Å². The number of anilines is 1. The lowest BCUT2D eigenvalue weighted by atomic mass is 10.2. The Kier molecular flexibility index (Phi) is 5.29. The van der Waals surface area contributed by atoms with Gasteiger partial charge in [-0.15, -0.1) is 0 Å². The molecule has 0 atom stereocenters. The monoisotopic (exact) mass is 467 g/mol. The maximum absolute atomic E-state index is 12.2. The van der Waals surface area contributed by atoms with Gasteiger partial charge in [-0.2, -0.15) is 8.42 Å². The topological polar surface area (TPSA) is 83.5 Å². The molecule has 1 amide bonds. The van der Waals surface area contributed by atoms with Crippen molar-refractivity contribution in [3.63, 3.8) is 0 Å². The summed E-state index contributed by atoms with van der Waals surface area (Å²) in [5.74, 6) is -0.476. The predicted molar refractivity (Wildman–Crippen MR) is 91.1 cm³/mol. The third kappa shape index (κ3) is 4.30. The molecule has 0 fully saturated rings. The molecular formula is C13H8Br2ClNO4S. The molecule has 2 rings (SSSR count). The zero-order chi connectivity index (χ0) is 16.5. The van der Waals surface area contributed by atoms with Crippen molar-refractivity contribution in [1.29, 1.82) is 0 Å². The molecule has 22 heavy (non-hydrogen) atoms. The van der Waals surface area contributed by atoms with Crippen LogP contribution < -0.4 is 5.32 Å². The minimum Gasteiger partial charge on any atom is -0.321 e. The standard InChI is InChI=1S/C13H8Br2ClNO4S/c14-8-3-7(4-9(15)5-8)13(18)17-12-6-10(22(19,20)21)1-2-11(12)16/h1-6H,(H,17,18)(H,19,20,21). The van der Waals surface area contributed by atoms with Gasteiger partial charge in [0.1, 0.15) is 0 Å². The molecular weight excluding hydrogens is 461 g/mol. The molecule has 0 bridgehead atoms. The zero-order valence-electron chi connectivity index (χ0n) is 10.7. The molecule has 0 aliphatic rings. The number of hydrogen-bond donors (Lipinski definition) is 2. The minimum atomic E-state index is -4.38. The number of carbonyl (C=O) groups is 1. The number of benzene rings is 2. The van der Waals surface area contributed by atoms with Crippen molar-refractivity contribution < 1.29 is 17.8 Å². The predicted octanol–water partition coefficient (Wildman–Crippen LogP) is 4.36. The second kappa shape index (κ2) is 6.67. The summed E-state index contributed by atoms with van der Waals surface area (Å²) in [5, 5.41) is 2.65. The molecule has 0 radical (unpaired) electrons. The van der Waals surface area contributed by atoms with Gasteiger partial charge in [-0.3, -0.25) is 9.35 Å². The van der Waals surface area contributed by atoms with Gasteiger partial charge in [-0.25, -0.2) is 0 Å². The molecule has 0 aliphatic heterocycles. The third-order valence-electron chi connectivity index (χ3n) is 2.61. The lowest BCUT2D eigenvalue weighted by molar-refractivity contribution is 0.102. The van der Waals surface area contributed by atoms with E-state index in [4.69, 9.17) is 16.2 Å². The zero-order valence-corrected chi connectivity index (χ0v) is 15.4. The summed E-state index contributed by atoms with van der Waals surface area (Å²) >= 11 is 12.5. The number of hydrogen-bond acceptors (Lipinski definition) is 3. The van der Waals surface area contributed by atoms with Crippen LogP contribution in [0.4, 0.5) is 5.69 Å². The van der Waals surface area contributed by atoms with Gasteiger partial charge in [0.15, 0.2) is 0 Å². The van der Waals surface area contributed by atoms with Crippen LogP contribution in [-0.4, -0.2) is 18.9 Å². The fourth-order valence-electron chi connectivity index (χ4n) is 1.64. The van der Waals surface area contributed by atoms with Gasteiger partial charge in [0, 0.05) is 14.5 Å². The summed E-state index contributed by atoms with van der Waals surface area (Å²) in [6.07, 6.45) is 0. The van der Waals surface area contributed by atoms with Gasteiger partial charge in [0.05, 0.1) is 15.6 Å². The quantitative estimate of drug-likeness (QED) is 0.654. The molecule has 0 unspecified atom stereocenters. The van der Waals surface area contributed by atoms with Crippen LogP contribution in [-0.2, 0) is 10.1 Å². The molecule has 0 heterocycles. The van der Waals surface area contributed by atoms with Crippen molar-refractivity contribution in [2.75, 3.05) is 5.32 Å². The second-order valence-electron chi connectivity index (χ2n) is 4.23.